The molecule has 3 aliphatic heterocycles. The minimum atomic E-state index is -1.98. The van der Waals surface area contributed by atoms with Crippen LogP contribution in [0.2, 0.25) is 0 Å². The number of rotatable bonds is 45. The summed E-state index contributed by atoms with van der Waals surface area (Å²) in [6, 6.07) is -0.897. The van der Waals surface area contributed by atoms with E-state index in [2.05, 4.69) is 129 Å². The van der Waals surface area contributed by atoms with Crippen LogP contribution in [0.4, 0.5) is 0 Å². The molecule has 3 fully saturated rings. The molecule has 19 nitrogen and oxygen atoms in total. The zero-order chi connectivity index (χ0) is 61.9. The van der Waals surface area contributed by atoms with E-state index >= 15 is 0 Å². The standard InChI is InChI=1S/C66H109NO18/c1-3-5-7-9-10-11-12-13-14-15-16-17-18-19-20-21-22-23-24-25-26-27-28-29-30-31-32-33-34-35-36-37-38-40-42-44-54(72)67-49(50(71)43-41-39-8-6-4-2)48-80-64-60(78)57(75)62(52(46-69)82-64)85-66-61(79)58(76)63(53(47-70)83-66)84-65-59(77)56(74)55(73)51(45-68)81-65/h5,7,10-11,13-14,16-17,19-20,22-23,25-26,28-29,31-32,49-53,55-66,68-71,73-79H,3-4,6,8-9,12,15,18,21,24,27,30,33-48H2,1-2H3,(H,67,72)/b7-5-,11-10-,14-13-,17-16-,20-19-,23-22-,26-25-,29-28-,32-31-. The molecule has 0 spiro atoms. The van der Waals surface area contributed by atoms with Gasteiger partial charge < -0.3 is 89.9 Å². The molecule has 0 radical (unpaired) electrons. The topological polar surface area (TPSA) is 307 Å². The number of hydrogen-bond acceptors (Lipinski definition) is 18. The lowest BCUT2D eigenvalue weighted by atomic mass is 9.96. The van der Waals surface area contributed by atoms with Crippen molar-refractivity contribution in [2.45, 2.75) is 272 Å². The van der Waals surface area contributed by atoms with Gasteiger partial charge >= 0.3 is 0 Å². The van der Waals surface area contributed by atoms with Crippen molar-refractivity contribution in [3.8, 4) is 0 Å². The molecule has 3 rings (SSSR count). The van der Waals surface area contributed by atoms with Crippen molar-refractivity contribution in [3.05, 3.63) is 109 Å². The van der Waals surface area contributed by atoms with Gasteiger partial charge in [-0.1, -0.05) is 187 Å². The highest BCUT2D eigenvalue weighted by molar-refractivity contribution is 5.76. The van der Waals surface area contributed by atoms with E-state index in [1.807, 2.05) is 0 Å². The van der Waals surface area contributed by atoms with Crippen molar-refractivity contribution < 1.29 is 89.4 Å². The molecule has 0 saturated carbocycles. The Morgan fingerprint density at radius 2 is 0.812 bits per heavy atom. The Labute approximate surface area is 506 Å². The number of unbranched alkanes of at least 4 members (excludes halogenated alkanes) is 11. The molecule has 17 atom stereocenters. The second kappa shape index (κ2) is 47.5. The number of aliphatic hydroxyl groups excluding tert-OH is 11. The molecule has 85 heavy (non-hydrogen) atoms. The van der Waals surface area contributed by atoms with Crippen LogP contribution in [0.15, 0.2) is 109 Å². The number of ether oxygens (including phenoxy) is 6. The summed E-state index contributed by atoms with van der Waals surface area (Å²) in [6.45, 7) is 1.52. The maximum Gasteiger partial charge on any atom is 0.220 e. The first kappa shape index (κ1) is 75.7. The minimum Gasteiger partial charge on any atom is -0.394 e. The number of nitrogens with one attached hydrogen (secondary N) is 1. The molecule has 3 heterocycles. The average molecular weight is 1200 g/mol. The first-order chi connectivity index (χ1) is 41.3. The second-order valence-corrected chi connectivity index (χ2v) is 22.1. The molecular formula is C66H109NO18. The quantitative estimate of drug-likeness (QED) is 0.0223. The van der Waals surface area contributed by atoms with Gasteiger partial charge in [-0.05, 0) is 83.5 Å². The van der Waals surface area contributed by atoms with Gasteiger partial charge in [0.2, 0.25) is 5.91 Å². The van der Waals surface area contributed by atoms with E-state index in [0.29, 0.717) is 19.3 Å². The summed E-state index contributed by atoms with van der Waals surface area (Å²) in [5.41, 5.74) is 0. The van der Waals surface area contributed by atoms with Gasteiger partial charge in [-0.15, -0.1) is 0 Å². The fourth-order valence-corrected chi connectivity index (χ4v) is 9.95. The molecule has 0 bridgehead atoms. The van der Waals surface area contributed by atoms with Crippen LogP contribution in [0, 0.1) is 0 Å². The van der Waals surface area contributed by atoms with Gasteiger partial charge in [0.05, 0.1) is 38.6 Å². The molecule has 3 aliphatic rings. The zero-order valence-corrected chi connectivity index (χ0v) is 50.8. The van der Waals surface area contributed by atoms with E-state index < -0.39 is 124 Å². The summed E-state index contributed by atoms with van der Waals surface area (Å²) in [6.07, 6.45) is 35.5. The molecular weight excluding hydrogens is 1090 g/mol. The molecule has 19 heteroatoms. The van der Waals surface area contributed by atoms with Gasteiger partial charge in [-0.2, -0.15) is 0 Å². The molecule has 17 unspecified atom stereocenters. The zero-order valence-electron chi connectivity index (χ0n) is 50.8. The normalized spacial score (nSPS) is 29.7. The SMILES string of the molecule is CC/C=C\C/C=C\C/C=C\C/C=C\C/C=C\C/C=C\C/C=C\C/C=C\C/C=C\CCCCCCCCCC(=O)NC(COC1OC(CO)C(OC2OC(CO)C(OC3OC(CO)C(O)C(O)C3O)C(O)C2O)C(O)C1O)C(O)CCCCCCC. The molecule has 1 amide bonds. The van der Waals surface area contributed by atoms with Gasteiger partial charge in [-0.3, -0.25) is 4.79 Å². The van der Waals surface area contributed by atoms with E-state index in [1.54, 1.807) is 0 Å². The number of hydrogen-bond donors (Lipinski definition) is 12. The molecule has 3 saturated heterocycles. The number of allylic oxidation sites excluding steroid dienone is 18. The Hall–Kier alpha value is -3.55. The lowest BCUT2D eigenvalue weighted by molar-refractivity contribution is -0.379. The van der Waals surface area contributed by atoms with Crippen LogP contribution in [-0.4, -0.2) is 193 Å². The highest BCUT2D eigenvalue weighted by Crippen LogP contribution is 2.33. The first-order valence-corrected chi connectivity index (χ1v) is 31.6. The van der Waals surface area contributed by atoms with Crippen molar-refractivity contribution in [1.82, 2.24) is 5.32 Å². The Kier molecular flexibility index (Phi) is 42.3. The number of aliphatic hydroxyl groups is 11. The highest BCUT2D eigenvalue weighted by Gasteiger charge is 2.53. The second-order valence-electron chi connectivity index (χ2n) is 22.1. The van der Waals surface area contributed by atoms with Crippen LogP contribution in [0.1, 0.15) is 168 Å². The third kappa shape index (κ3) is 30.5. The molecule has 486 valence electrons. The Morgan fingerprint density at radius 1 is 0.435 bits per heavy atom. The van der Waals surface area contributed by atoms with Gasteiger partial charge in [0.15, 0.2) is 18.9 Å². The maximum atomic E-state index is 13.2. The van der Waals surface area contributed by atoms with Crippen LogP contribution in [0.3, 0.4) is 0 Å². The van der Waals surface area contributed by atoms with Gasteiger partial charge in [0.1, 0.15) is 73.2 Å². The summed E-state index contributed by atoms with van der Waals surface area (Å²) in [5, 5.41) is 120. The van der Waals surface area contributed by atoms with Crippen molar-refractivity contribution in [2.75, 3.05) is 26.4 Å². The predicted octanol–water partition coefficient (Wildman–Crippen LogP) is 6.71. The number of amides is 1. The average Bonchev–Trinajstić information content (AvgIpc) is 2.21. The summed E-state index contributed by atoms with van der Waals surface area (Å²) in [7, 11) is 0. The van der Waals surface area contributed by atoms with Gasteiger partial charge in [0, 0.05) is 6.42 Å². The smallest absolute Gasteiger partial charge is 0.220 e. The lowest BCUT2D eigenvalue weighted by Gasteiger charge is -2.48. The van der Waals surface area contributed by atoms with Crippen LogP contribution in [-0.2, 0) is 33.2 Å². The Balaban J connectivity index is 1.31. The summed E-state index contributed by atoms with van der Waals surface area (Å²) >= 11 is 0. The molecule has 12 N–H and O–H groups in total. The van der Waals surface area contributed by atoms with Gasteiger partial charge in [-0.25, -0.2) is 0 Å². The maximum absolute atomic E-state index is 13.2. The van der Waals surface area contributed by atoms with E-state index in [4.69, 9.17) is 28.4 Å². The lowest BCUT2D eigenvalue weighted by Crippen LogP contribution is -2.66. The van der Waals surface area contributed by atoms with E-state index in [0.717, 1.165) is 128 Å². The summed E-state index contributed by atoms with van der Waals surface area (Å²) in [4.78, 5) is 13.2. The van der Waals surface area contributed by atoms with E-state index in [1.165, 1.54) is 0 Å². The Bertz CT molecular complexity index is 1970. The third-order valence-electron chi connectivity index (χ3n) is 15.1. The molecule has 0 aromatic carbocycles. The fourth-order valence-electron chi connectivity index (χ4n) is 9.95. The highest BCUT2D eigenvalue weighted by atomic mass is 16.8. The summed E-state index contributed by atoms with van der Waals surface area (Å²) in [5.74, 6) is -0.268. The van der Waals surface area contributed by atoms with Crippen LogP contribution < -0.4 is 5.32 Å². The number of carbonyl (C=O) groups is 1. The predicted molar refractivity (Wildman–Crippen MR) is 327 cm³/mol. The van der Waals surface area contributed by atoms with Crippen molar-refractivity contribution in [1.29, 1.82) is 0 Å². The van der Waals surface area contributed by atoms with E-state index in [-0.39, 0.29) is 18.9 Å². The van der Waals surface area contributed by atoms with E-state index in [9.17, 15) is 61.0 Å². The fraction of sp³-hybridized carbons (Fsp3) is 0.712. The van der Waals surface area contributed by atoms with Crippen molar-refractivity contribution in [2.24, 2.45) is 0 Å². The largest absolute Gasteiger partial charge is 0.394 e. The molecule has 0 aromatic rings. The van der Waals surface area contributed by atoms with Crippen LogP contribution >= 0.6 is 0 Å². The van der Waals surface area contributed by atoms with Crippen molar-refractivity contribution >= 4 is 5.91 Å². The molecule has 0 aliphatic carbocycles. The first-order valence-electron chi connectivity index (χ1n) is 31.6. The Morgan fingerprint density at radius 3 is 1.27 bits per heavy atom. The number of carbonyl (C=O) groups excluding carboxylic acids is 1. The van der Waals surface area contributed by atoms with Crippen LogP contribution in [0.25, 0.3) is 0 Å². The monoisotopic (exact) mass is 1200 g/mol. The van der Waals surface area contributed by atoms with Crippen molar-refractivity contribution in [3.63, 3.8) is 0 Å². The summed E-state index contributed by atoms with van der Waals surface area (Å²) < 4.78 is 34.1. The minimum absolute atomic E-state index is 0.244. The third-order valence-corrected chi connectivity index (χ3v) is 15.1. The molecule has 0 aromatic heterocycles. The van der Waals surface area contributed by atoms with Gasteiger partial charge in [0.25, 0.3) is 0 Å². The van der Waals surface area contributed by atoms with Crippen LogP contribution in [0.5, 0.6) is 0 Å².